The van der Waals surface area contributed by atoms with E-state index < -0.39 is 0 Å². The fraction of sp³-hybridized carbons (Fsp3) is 0.467. The number of hydrogen-bond donors (Lipinski definition) is 1. The topological polar surface area (TPSA) is 21.3 Å². The lowest BCUT2D eigenvalue weighted by atomic mass is 9.77. The molecule has 0 saturated heterocycles. The van der Waals surface area contributed by atoms with E-state index in [2.05, 4.69) is 35.7 Å². The maximum absolute atomic E-state index is 5.54. The Morgan fingerprint density at radius 3 is 3.00 bits per heavy atom. The normalized spacial score (nSPS) is 25.9. The molecule has 0 saturated carbocycles. The quantitative estimate of drug-likeness (QED) is 0.857. The van der Waals surface area contributed by atoms with E-state index in [0.717, 1.165) is 25.9 Å². The van der Waals surface area contributed by atoms with Crippen LogP contribution in [0.15, 0.2) is 36.6 Å². The standard InChI is InChI=1S/C15H19NO/c1-2-7-15-12(5-1)9-13(15)10-16-11-14-6-3-4-8-17-14/h1-2,4-5,7-8,13-14,16H,3,6,9-11H2. The van der Waals surface area contributed by atoms with Gasteiger partial charge < -0.3 is 10.1 Å². The second-order valence-corrected chi connectivity index (χ2v) is 4.97. The monoisotopic (exact) mass is 229 g/mol. The average Bonchev–Trinajstić information content (AvgIpc) is 2.36. The summed E-state index contributed by atoms with van der Waals surface area (Å²) in [6.07, 6.45) is 7.83. The first-order valence-electron chi connectivity index (χ1n) is 6.52. The Labute approximate surface area is 103 Å². The van der Waals surface area contributed by atoms with Crippen LogP contribution in [0, 0.1) is 0 Å². The zero-order chi connectivity index (χ0) is 11.5. The molecule has 2 heteroatoms. The Bertz CT molecular complexity index is 413. The molecule has 1 aliphatic heterocycles. The summed E-state index contributed by atoms with van der Waals surface area (Å²) in [5.74, 6) is 0.713. The van der Waals surface area contributed by atoms with E-state index in [9.17, 15) is 0 Å². The number of fused-ring (bicyclic) bond motifs is 1. The number of rotatable bonds is 4. The summed E-state index contributed by atoms with van der Waals surface area (Å²) in [7, 11) is 0. The summed E-state index contributed by atoms with van der Waals surface area (Å²) in [6.45, 7) is 2.06. The van der Waals surface area contributed by atoms with Gasteiger partial charge in [0.25, 0.3) is 0 Å². The van der Waals surface area contributed by atoms with Crippen LogP contribution >= 0.6 is 0 Å². The molecule has 2 aliphatic rings. The van der Waals surface area contributed by atoms with Gasteiger partial charge in [0.1, 0.15) is 6.10 Å². The molecule has 2 unspecified atom stereocenters. The van der Waals surface area contributed by atoms with Gasteiger partial charge in [0, 0.05) is 19.0 Å². The predicted octanol–water partition coefficient (Wildman–Crippen LogP) is 2.61. The van der Waals surface area contributed by atoms with Gasteiger partial charge in [-0.1, -0.05) is 24.3 Å². The summed E-state index contributed by atoms with van der Waals surface area (Å²) in [5, 5.41) is 3.54. The van der Waals surface area contributed by atoms with Crippen molar-refractivity contribution in [1.29, 1.82) is 0 Å². The summed E-state index contributed by atoms with van der Waals surface area (Å²) < 4.78 is 5.54. The largest absolute Gasteiger partial charge is 0.497 e. The molecule has 1 aromatic rings. The van der Waals surface area contributed by atoms with Crippen LogP contribution in [0.5, 0.6) is 0 Å². The minimum atomic E-state index is 0.371. The second-order valence-electron chi connectivity index (χ2n) is 4.97. The van der Waals surface area contributed by atoms with Gasteiger partial charge in [-0.25, -0.2) is 0 Å². The SMILES string of the molecule is C1=COC(CNCC2Cc3ccccc32)CC1. The van der Waals surface area contributed by atoms with E-state index in [1.807, 2.05) is 6.26 Å². The summed E-state index contributed by atoms with van der Waals surface area (Å²) in [4.78, 5) is 0. The third kappa shape index (κ3) is 2.37. The van der Waals surface area contributed by atoms with Gasteiger partial charge in [-0.3, -0.25) is 0 Å². The lowest BCUT2D eigenvalue weighted by molar-refractivity contribution is 0.122. The molecule has 0 spiro atoms. The van der Waals surface area contributed by atoms with Gasteiger partial charge in [0.2, 0.25) is 0 Å². The number of benzene rings is 1. The third-order valence-corrected chi connectivity index (χ3v) is 3.75. The van der Waals surface area contributed by atoms with Crippen LogP contribution in [0.4, 0.5) is 0 Å². The molecule has 1 N–H and O–H groups in total. The maximum Gasteiger partial charge on any atom is 0.110 e. The van der Waals surface area contributed by atoms with Gasteiger partial charge in [-0.2, -0.15) is 0 Å². The van der Waals surface area contributed by atoms with Crippen LogP contribution in [-0.2, 0) is 11.2 Å². The molecule has 2 atom stereocenters. The molecule has 1 heterocycles. The Morgan fingerprint density at radius 2 is 2.18 bits per heavy atom. The van der Waals surface area contributed by atoms with Gasteiger partial charge in [-0.15, -0.1) is 0 Å². The molecule has 3 rings (SSSR count). The van der Waals surface area contributed by atoms with E-state index in [4.69, 9.17) is 4.74 Å². The highest BCUT2D eigenvalue weighted by atomic mass is 16.5. The highest BCUT2D eigenvalue weighted by Crippen LogP contribution is 2.33. The molecule has 0 radical (unpaired) electrons. The number of ether oxygens (including phenoxy) is 1. The van der Waals surface area contributed by atoms with Crippen molar-refractivity contribution in [2.45, 2.75) is 31.3 Å². The lowest BCUT2D eigenvalue weighted by Crippen LogP contribution is -2.35. The van der Waals surface area contributed by atoms with Gasteiger partial charge in [0.05, 0.1) is 6.26 Å². The van der Waals surface area contributed by atoms with Crippen molar-refractivity contribution in [3.63, 3.8) is 0 Å². The van der Waals surface area contributed by atoms with Crippen LogP contribution in [0.1, 0.15) is 29.9 Å². The number of hydrogen-bond acceptors (Lipinski definition) is 2. The molecule has 0 bridgehead atoms. The van der Waals surface area contributed by atoms with Crippen molar-refractivity contribution in [2.24, 2.45) is 0 Å². The van der Waals surface area contributed by atoms with Gasteiger partial charge >= 0.3 is 0 Å². The minimum absolute atomic E-state index is 0.371. The number of allylic oxidation sites excluding steroid dienone is 1. The van der Waals surface area contributed by atoms with Crippen molar-refractivity contribution in [2.75, 3.05) is 13.1 Å². The van der Waals surface area contributed by atoms with Crippen LogP contribution in [0.2, 0.25) is 0 Å². The van der Waals surface area contributed by atoms with Gasteiger partial charge in [-0.05, 0) is 36.5 Å². The maximum atomic E-state index is 5.54. The average molecular weight is 229 g/mol. The zero-order valence-electron chi connectivity index (χ0n) is 10.1. The van der Waals surface area contributed by atoms with Gasteiger partial charge in [0.15, 0.2) is 0 Å². The molecular formula is C15H19NO. The van der Waals surface area contributed by atoms with Crippen LogP contribution in [-0.4, -0.2) is 19.2 Å². The van der Waals surface area contributed by atoms with Crippen molar-refractivity contribution < 1.29 is 4.74 Å². The molecule has 17 heavy (non-hydrogen) atoms. The van der Waals surface area contributed by atoms with Crippen molar-refractivity contribution in [1.82, 2.24) is 5.32 Å². The van der Waals surface area contributed by atoms with E-state index in [1.54, 1.807) is 0 Å². The Kier molecular flexibility index (Phi) is 3.14. The first-order chi connectivity index (χ1) is 8.43. The highest BCUT2D eigenvalue weighted by molar-refractivity contribution is 5.40. The zero-order valence-corrected chi connectivity index (χ0v) is 10.1. The fourth-order valence-electron chi connectivity index (χ4n) is 2.70. The van der Waals surface area contributed by atoms with Crippen LogP contribution in [0.25, 0.3) is 0 Å². The van der Waals surface area contributed by atoms with E-state index in [-0.39, 0.29) is 0 Å². The van der Waals surface area contributed by atoms with Crippen molar-refractivity contribution >= 4 is 0 Å². The first-order valence-corrected chi connectivity index (χ1v) is 6.52. The lowest BCUT2D eigenvalue weighted by Gasteiger charge is -2.31. The Morgan fingerprint density at radius 1 is 1.24 bits per heavy atom. The summed E-state index contributed by atoms with van der Waals surface area (Å²) in [5.41, 5.74) is 3.06. The van der Waals surface area contributed by atoms with Crippen molar-refractivity contribution in [3.05, 3.63) is 47.7 Å². The predicted molar refractivity (Wildman–Crippen MR) is 69.0 cm³/mol. The molecule has 1 aliphatic carbocycles. The van der Waals surface area contributed by atoms with E-state index in [1.165, 1.54) is 17.5 Å². The molecule has 0 aromatic heterocycles. The summed E-state index contributed by atoms with van der Waals surface area (Å²) in [6, 6.07) is 8.76. The minimum Gasteiger partial charge on any atom is -0.497 e. The number of nitrogens with one attached hydrogen (secondary N) is 1. The molecule has 90 valence electrons. The highest BCUT2D eigenvalue weighted by Gasteiger charge is 2.24. The molecule has 2 nitrogen and oxygen atoms in total. The van der Waals surface area contributed by atoms with E-state index in [0.29, 0.717) is 12.0 Å². The molecular weight excluding hydrogens is 210 g/mol. The van der Waals surface area contributed by atoms with Crippen LogP contribution in [0.3, 0.4) is 0 Å². The Hall–Kier alpha value is -1.28. The first kappa shape index (κ1) is 10.8. The summed E-state index contributed by atoms with van der Waals surface area (Å²) >= 11 is 0. The fourth-order valence-corrected chi connectivity index (χ4v) is 2.70. The van der Waals surface area contributed by atoms with Crippen LogP contribution < -0.4 is 5.32 Å². The molecule has 0 amide bonds. The van der Waals surface area contributed by atoms with Crippen molar-refractivity contribution in [3.8, 4) is 0 Å². The Balaban J connectivity index is 1.43. The molecule has 0 fully saturated rings. The smallest absolute Gasteiger partial charge is 0.110 e. The third-order valence-electron chi connectivity index (χ3n) is 3.75. The second kappa shape index (κ2) is 4.92. The molecule has 1 aromatic carbocycles. The van der Waals surface area contributed by atoms with E-state index >= 15 is 0 Å².